The van der Waals surface area contributed by atoms with Crippen LogP contribution >= 0.6 is 0 Å². The Morgan fingerprint density at radius 3 is 2.65 bits per heavy atom. The molecule has 1 aliphatic carbocycles. The summed E-state index contributed by atoms with van der Waals surface area (Å²) < 4.78 is 5.56. The first-order valence-electron chi connectivity index (χ1n) is 6.64. The van der Waals surface area contributed by atoms with E-state index in [1.54, 1.807) is 7.05 Å². The van der Waals surface area contributed by atoms with Gasteiger partial charge < -0.3 is 14.7 Å². The standard InChI is InChI=1S/C15H19NO4/c1-11-4-3-5-12(10-11)20-9-8-16(2)13(17)15(6-7-15)14(18)19/h3-5,10H,6-9H2,1-2H3,(H,18,19). The van der Waals surface area contributed by atoms with E-state index in [4.69, 9.17) is 9.84 Å². The summed E-state index contributed by atoms with van der Waals surface area (Å²) in [5, 5.41) is 9.08. The molecule has 0 aliphatic heterocycles. The van der Waals surface area contributed by atoms with Crippen LogP contribution in [0.3, 0.4) is 0 Å². The number of carbonyl (C=O) groups is 2. The molecule has 1 aliphatic rings. The Morgan fingerprint density at radius 1 is 1.40 bits per heavy atom. The van der Waals surface area contributed by atoms with Gasteiger partial charge in [-0.15, -0.1) is 0 Å². The van der Waals surface area contributed by atoms with Crippen molar-refractivity contribution < 1.29 is 19.4 Å². The van der Waals surface area contributed by atoms with E-state index in [-0.39, 0.29) is 5.91 Å². The molecule has 108 valence electrons. The second kappa shape index (κ2) is 5.53. The van der Waals surface area contributed by atoms with E-state index in [9.17, 15) is 9.59 Å². The summed E-state index contributed by atoms with van der Waals surface area (Å²) in [6, 6.07) is 7.66. The fourth-order valence-electron chi connectivity index (χ4n) is 2.12. The summed E-state index contributed by atoms with van der Waals surface area (Å²) in [4.78, 5) is 24.6. The van der Waals surface area contributed by atoms with Crippen LogP contribution in [-0.2, 0) is 9.59 Å². The number of carbonyl (C=O) groups excluding carboxylic acids is 1. The minimum atomic E-state index is -1.17. The number of ether oxygens (including phenoxy) is 1. The second-order valence-corrected chi connectivity index (χ2v) is 5.28. The minimum Gasteiger partial charge on any atom is -0.492 e. The minimum absolute atomic E-state index is 0.321. The predicted octanol–water partition coefficient (Wildman–Crippen LogP) is 1.70. The van der Waals surface area contributed by atoms with Gasteiger partial charge in [-0.1, -0.05) is 12.1 Å². The number of aliphatic carboxylic acids is 1. The maximum Gasteiger partial charge on any atom is 0.319 e. The van der Waals surface area contributed by atoms with Gasteiger partial charge in [0.25, 0.3) is 0 Å². The number of carboxylic acids is 1. The number of aryl methyl sites for hydroxylation is 1. The molecule has 5 nitrogen and oxygen atoms in total. The van der Waals surface area contributed by atoms with Gasteiger partial charge in [-0.25, -0.2) is 0 Å². The quantitative estimate of drug-likeness (QED) is 0.804. The van der Waals surface area contributed by atoms with Gasteiger partial charge in [0, 0.05) is 7.05 Å². The van der Waals surface area contributed by atoms with Crippen LogP contribution in [-0.4, -0.2) is 42.1 Å². The lowest BCUT2D eigenvalue weighted by molar-refractivity contribution is -0.153. The van der Waals surface area contributed by atoms with Crippen LogP contribution in [0, 0.1) is 12.3 Å². The van der Waals surface area contributed by atoms with Crippen molar-refractivity contribution in [3.63, 3.8) is 0 Å². The average Bonchev–Trinajstić information content (AvgIpc) is 3.19. The molecule has 0 aromatic heterocycles. The summed E-state index contributed by atoms with van der Waals surface area (Å²) in [5.74, 6) is -0.586. The van der Waals surface area contributed by atoms with E-state index in [0.29, 0.717) is 26.0 Å². The number of hydrogen-bond acceptors (Lipinski definition) is 3. The maximum atomic E-state index is 12.1. The van der Waals surface area contributed by atoms with Crippen molar-refractivity contribution >= 4 is 11.9 Å². The summed E-state index contributed by atoms with van der Waals surface area (Å²) in [7, 11) is 1.62. The smallest absolute Gasteiger partial charge is 0.319 e. The van der Waals surface area contributed by atoms with Gasteiger partial charge in [0.05, 0.1) is 6.54 Å². The highest BCUT2D eigenvalue weighted by Gasteiger charge is 2.58. The zero-order valence-corrected chi connectivity index (χ0v) is 11.8. The number of likely N-dealkylation sites (N-methyl/N-ethyl adjacent to an activating group) is 1. The van der Waals surface area contributed by atoms with E-state index >= 15 is 0 Å². The lowest BCUT2D eigenvalue weighted by Crippen LogP contribution is -2.40. The number of amides is 1. The third-order valence-electron chi connectivity index (χ3n) is 3.60. The molecular formula is C15H19NO4. The fourth-order valence-corrected chi connectivity index (χ4v) is 2.12. The molecule has 1 aromatic carbocycles. The van der Waals surface area contributed by atoms with Gasteiger partial charge in [-0.2, -0.15) is 0 Å². The molecule has 1 fully saturated rings. The molecule has 5 heteroatoms. The fraction of sp³-hybridized carbons (Fsp3) is 0.467. The molecule has 1 N–H and O–H groups in total. The molecule has 0 unspecified atom stereocenters. The van der Waals surface area contributed by atoms with Gasteiger partial charge in [0.2, 0.25) is 5.91 Å². The van der Waals surface area contributed by atoms with Crippen molar-refractivity contribution in [2.24, 2.45) is 5.41 Å². The Kier molecular flexibility index (Phi) is 3.97. The molecule has 1 saturated carbocycles. The van der Waals surface area contributed by atoms with E-state index in [1.165, 1.54) is 4.90 Å². The molecule has 0 heterocycles. The van der Waals surface area contributed by atoms with Gasteiger partial charge in [-0.3, -0.25) is 9.59 Å². The van der Waals surface area contributed by atoms with Gasteiger partial charge >= 0.3 is 5.97 Å². The van der Waals surface area contributed by atoms with E-state index in [1.807, 2.05) is 31.2 Å². The summed E-state index contributed by atoms with van der Waals surface area (Å²) in [5.41, 5.74) is -0.0623. The average molecular weight is 277 g/mol. The zero-order valence-electron chi connectivity index (χ0n) is 11.8. The molecule has 0 atom stereocenters. The molecule has 0 bridgehead atoms. The summed E-state index contributed by atoms with van der Waals surface area (Å²) >= 11 is 0. The molecule has 20 heavy (non-hydrogen) atoms. The maximum absolute atomic E-state index is 12.1. The molecule has 1 amide bonds. The Morgan fingerprint density at radius 2 is 2.10 bits per heavy atom. The first-order valence-corrected chi connectivity index (χ1v) is 6.64. The van der Waals surface area contributed by atoms with Crippen LogP contribution in [0.4, 0.5) is 0 Å². The second-order valence-electron chi connectivity index (χ2n) is 5.28. The Labute approximate surface area is 118 Å². The molecule has 1 aromatic rings. The third kappa shape index (κ3) is 2.92. The van der Waals surface area contributed by atoms with Crippen molar-refractivity contribution in [1.82, 2.24) is 4.90 Å². The topological polar surface area (TPSA) is 66.8 Å². The molecular weight excluding hydrogens is 258 g/mol. The largest absolute Gasteiger partial charge is 0.492 e. The number of rotatable bonds is 6. The van der Waals surface area contributed by atoms with Crippen molar-refractivity contribution in [3.8, 4) is 5.75 Å². The molecule has 0 spiro atoms. The van der Waals surface area contributed by atoms with E-state index in [0.717, 1.165) is 11.3 Å². The van der Waals surface area contributed by atoms with Crippen LogP contribution in [0.1, 0.15) is 18.4 Å². The van der Waals surface area contributed by atoms with Crippen LogP contribution in [0.25, 0.3) is 0 Å². The van der Waals surface area contributed by atoms with Crippen LogP contribution in [0.2, 0.25) is 0 Å². The Hall–Kier alpha value is -2.04. The van der Waals surface area contributed by atoms with Crippen molar-refractivity contribution in [1.29, 1.82) is 0 Å². The van der Waals surface area contributed by atoms with Gasteiger partial charge in [0.1, 0.15) is 17.8 Å². The summed E-state index contributed by atoms with van der Waals surface area (Å²) in [6.07, 6.45) is 0.870. The predicted molar refractivity (Wildman–Crippen MR) is 73.6 cm³/mol. The van der Waals surface area contributed by atoms with Gasteiger partial charge in [0.15, 0.2) is 0 Å². The van der Waals surface area contributed by atoms with Crippen LogP contribution in [0.15, 0.2) is 24.3 Å². The van der Waals surface area contributed by atoms with E-state index in [2.05, 4.69) is 0 Å². The van der Waals surface area contributed by atoms with E-state index < -0.39 is 11.4 Å². The molecule has 0 radical (unpaired) electrons. The van der Waals surface area contributed by atoms with Crippen molar-refractivity contribution in [2.45, 2.75) is 19.8 Å². The lowest BCUT2D eigenvalue weighted by Gasteiger charge is -2.21. The molecule has 2 rings (SSSR count). The normalized spacial score (nSPS) is 15.5. The van der Waals surface area contributed by atoms with Crippen molar-refractivity contribution in [3.05, 3.63) is 29.8 Å². The van der Waals surface area contributed by atoms with Gasteiger partial charge in [-0.05, 0) is 37.5 Å². The first-order chi connectivity index (χ1) is 9.45. The number of benzene rings is 1. The SMILES string of the molecule is Cc1cccc(OCCN(C)C(=O)C2(C(=O)O)CC2)c1. The monoisotopic (exact) mass is 277 g/mol. The highest BCUT2D eigenvalue weighted by atomic mass is 16.5. The lowest BCUT2D eigenvalue weighted by atomic mass is 10.1. The van der Waals surface area contributed by atoms with Crippen LogP contribution < -0.4 is 4.74 Å². The number of nitrogens with zero attached hydrogens (tertiary/aromatic N) is 1. The Bertz CT molecular complexity index is 522. The highest BCUT2D eigenvalue weighted by Crippen LogP contribution is 2.47. The first kappa shape index (κ1) is 14.4. The van der Waals surface area contributed by atoms with Crippen LogP contribution in [0.5, 0.6) is 5.75 Å². The summed E-state index contributed by atoms with van der Waals surface area (Å²) in [6.45, 7) is 2.70. The molecule has 0 saturated heterocycles. The zero-order chi connectivity index (χ0) is 14.8. The number of carboxylic acid groups (broad SMARTS) is 1. The third-order valence-corrected chi connectivity index (χ3v) is 3.60. The number of hydrogen-bond donors (Lipinski definition) is 1. The Balaban J connectivity index is 1.82. The highest BCUT2D eigenvalue weighted by molar-refractivity contribution is 6.04. The van der Waals surface area contributed by atoms with Crippen molar-refractivity contribution in [2.75, 3.05) is 20.2 Å².